The van der Waals surface area contributed by atoms with E-state index in [0.29, 0.717) is 0 Å². The van der Waals surface area contributed by atoms with Crippen LogP contribution in [-0.4, -0.2) is 0 Å². The number of nitrogens with two attached hydrogens (primary N) is 4. The fraction of sp³-hybridized carbons (Fsp3) is 0.0323. The first kappa shape index (κ1) is 22.1. The maximum atomic E-state index is 6.61. The molecule has 5 rings (SSSR count). The van der Waals surface area contributed by atoms with Gasteiger partial charge in [-0.1, -0.05) is 66.7 Å². The lowest BCUT2D eigenvalue weighted by Crippen LogP contribution is -2.09. The average Bonchev–Trinajstić information content (AvgIpc) is 2.88. The summed E-state index contributed by atoms with van der Waals surface area (Å²) in [5.74, 6) is -0.140. The van der Waals surface area contributed by atoms with Crippen LogP contribution in [-0.2, 0) is 0 Å². The van der Waals surface area contributed by atoms with E-state index in [1.165, 1.54) is 0 Å². The van der Waals surface area contributed by atoms with Gasteiger partial charge in [0.05, 0.1) is 0 Å². The Bertz CT molecular complexity index is 1360. The zero-order valence-electron chi connectivity index (χ0n) is 19.4. The molecule has 0 unspecified atom stereocenters. The van der Waals surface area contributed by atoms with Crippen LogP contribution in [0, 0.1) is 0 Å². The average molecular weight is 457 g/mol. The summed E-state index contributed by atoms with van der Waals surface area (Å²) in [6.07, 6.45) is 0. The van der Waals surface area contributed by atoms with Crippen LogP contribution in [0.5, 0.6) is 0 Å². The fourth-order valence-corrected chi connectivity index (χ4v) is 4.53. The van der Waals surface area contributed by atoms with Gasteiger partial charge in [0.15, 0.2) is 0 Å². The van der Waals surface area contributed by atoms with Crippen LogP contribution in [0.15, 0.2) is 115 Å². The number of nitrogen functional groups attached to an aromatic ring is 4. The van der Waals surface area contributed by atoms with Crippen molar-refractivity contribution in [1.29, 1.82) is 0 Å². The van der Waals surface area contributed by atoms with Gasteiger partial charge < -0.3 is 22.9 Å². The lowest BCUT2D eigenvalue weighted by atomic mass is 9.81. The van der Waals surface area contributed by atoms with Gasteiger partial charge in [0, 0.05) is 28.7 Å². The lowest BCUT2D eigenvalue weighted by molar-refractivity contribution is 0.985. The minimum atomic E-state index is -0.140. The van der Waals surface area contributed by atoms with Crippen LogP contribution >= 0.6 is 0 Å². The fourth-order valence-electron chi connectivity index (χ4n) is 4.53. The van der Waals surface area contributed by atoms with Crippen molar-refractivity contribution in [3.05, 3.63) is 132 Å². The molecule has 0 aromatic heterocycles. The third-order valence-corrected chi connectivity index (χ3v) is 6.42. The van der Waals surface area contributed by atoms with E-state index in [0.717, 1.165) is 61.7 Å². The molecule has 0 fully saturated rings. The first-order chi connectivity index (χ1) is 17.0. The lowest BCUT2D eigenvalue weighted by Gasteiger charge is -2.24. The zero-order valence-corrected chi connectivity index (χ0v) is 19.4. The van der Waals surface area contributed by atoms with Crippen LogP contribution in [0.1, 0.15) is 22.6 Å². The second-order valence-electron chi connectivity index (χ2n) is 8.78. The Morgan fingerprint density at radius 1 is 0.400 bits per heavy atom. The summed E-state index contributed by atoms with van der Waals surface area (Å²) in [5, 5.41) is 0. The summed E-state index contributed by atoms with van der Waals surface area (Å²) >= 11 is 0. The van der Waals surface area contributed by atoms with E-state index in [9.17, 15) is 0 Å². The third-order valence-electron chi connectivity index (χ3n) is 6.42. The van der Waals surface area contributed by atoms with Gasteiger partial charge in [-0.2, -0.15) is 0 Å². The molecular formula is C31H28N4. The van der Waals surface area contributed by atoms with Crippen LogP contribution in [0.25, 0.3) is 22.3 Å². The van der Waals surface area contributed by atoms with E-state index >= 15 is 0 Å². The molecule has 5 aromatic carbocycles. The Hall–Kier alpha value is -4.70. The van der Waals surface area contributed by atoms with Crippen molar-refractivity contribution in [2.75, 3.05) is 22.9 Å². The molecule has 35 heavy (non-hydrogen) atoms. The Kier molecular flexibility index (Phi) is 5.86. The molecule has 0 aliphatic heterocycles. The number of hydrogen-bond acceptors (Lipinski definition) is 4. The Labute approximate surface area is 205 Å². The molecule has 0 amide bonds. The molecule has 8 N–H and O–H groups in total. The molecule has 5 aromatic rings. The minimum absolute atomic E-state index is 0.140. The van der Waals surface area contributed by atoms with Gasteiger partial charge in [0.1, 0.15) is 0 Å². The Morgan fingerprint density at radius 3 is 1.23 bits per heavy atom. The van der Waals surface area contributed by atoms with Crippen LogP contribution < -0.4 is 22.9 Å². The molecule has 0 heterocycles. The first-order valence-electron chi connectivity index (χ1n) is 11.6. The summed E-state index contributed by atoms with van der Waals surface area (Å²) < 4.78 is 0. The van der Waals surface area contributed by atoms with Gasteiger partial charge in [0.25, 0.3) is 0 Å². The first-order valence-corrected chi connectivity index (χ1v) is 11.6. The molecule has 0 saturated heterocycles. The molecule has 0 radical (unpaired) electrons. The molecule has 4 nitrogen and oxygen atoms in total. The number of rotatable bonds is 5. The SMILES string of the molecule is Nc1ccc(-c2ccc(N)c(C(c3ccccc3)c3cc(-c4ccc(N)cc4)ccc3N)c2)cc1. The van der Waals surface area contributed by atoms with Crippen molar-refractivity contribution in [3.8, 4) is 22.3 Å². The highest BCUT2D eigenvalue weighted by Crippen LogP contribution is 2.41. The molecule has 0 aliphatic carbocycles. The van der Waals surface area contributed by atoms with Gasteiger partial charge in [-0.05, 0) is 87.5 Å². The molecule has 0 saturated carbocycles. The topological polar surface area (TPSA) is 104 Å². The van der Waals surface area contributed by atoms with Crippen molar-refractivity contribution in [2.24, 2.45) is 0 Å². The van der Waals surface area contributed by atoms with E-state index in [1.807, 2.05) is 91.0 Å². The highest BCUT2D eigenvalue weighted by molar-refractivity contribution is 5.74. The van der Waals surface area contributed by atoms with Gasteiger partial charge >= 0.3 is 0 Å². The van der Waals surface area contributed by atoms with E-state index < -0.39 is 0 Å². The Morgan fingerprint density at radius 2 is 0.800 bits per heavy atom. The summed E-state index contributed by atoms with van der Waals surface area (Å²) in [7, 11) is 0. The summed E-state index contributed by atoms with van der Waals surface area (Å²) in [4.78, 5) is 0. The van der Waals surface area contributed by atoms with Crippen molar-refractivity contribution in [2.45, 2.75) is 5.92 Å². The van der Waals surface area contributed by atoms with E-state index in [2.05, 4.69) is 24.3 Å². The summed E-state index contributed by atoms with van der Waals surface area (Å²) in [6, 6.07) is 38.4. The molecule has 0 atom stereocenters. The maximum absolute atomic E-state index is 6.61. The quantitative estimate of drug-likeness (QED) is 0.178. The number of benzene rings is 5. The minimum Gasteiger partial charge on any atom is -0.399 e. The second-order valence-corrected chi connectivity index (χ2v) is 8.78. The highest BCUT2D eigenvalue weighted by Gasteiger charge is 2.22. The molecular weight excluding hydrogens is 428 g/mol. The van der Waals surface area contributed by atoms with E-state index in [-0.39, 0.29) is 5.92 Å². The monoisotopic (exact) mass is 456 g/mol. The van der Waals surface area contributed by atoms with Gasteiger partial charge in [-0.3, -0.25) is 0 Å². The zero-order chi connectivity index (χ0) is 24.4. The normalized spacial score (nSPS) is 11.0. The van der Waals surface area contributed by atoms with Gasteiger partial charge in [0.2, 0.25) is 0 Å². The standard InChI is InChI=1S/C31H28N4/c32-25-12-6-20(7-13-25)23-10-16-29(34)27(18-23)31(22-4-2-1-3-5-22)28-19-24(11-17-30(28)35)21-8-14-26(33)15-9-21/h1-19,31H,32-35H2. The third kappa shape index (κ3) is 4.55. The van der Waals surface area contributed by atoms with E-state index in [1.54, 1.807) is 0 Å². The predicted molar refractivity (Wildman–Crippen MR) is 149 cm³/mol. The second kappa shape index (κ2) is 9.27. The van der Waals surface area contributed by atoms with Crippen LogP contribution in [0.3, 0.4) is 0 Å². The van der Waals surface area contributed by atoms with Gasteiger partial charge in [-0.15, -0.1) is 0 Å². The van der Waals surface area contributed by atoms with Crippen LogP contribution in [0.4, 0.5) is 22.7 Å². The predicted octanol–water partition coefficient (Wildman–Crippen LogP) is 6.53. The molecule has 0 bridgehead atoms. The van der Waals surface area contributed by atoms with Gasteiger partial charge in [-0.25, -0.2) is 0 Å². The number of anilines is 4. The van der Waals surface area contributed by atoms with Crippen molar-refractivity contribution < 1.29 is 0 Å². The maximum Gasteiger partial charge on any atom is 0.0381 e. The van der Waals surface area contributed by atoms with E-state index in [4.69, 9.17) is 22.9 Å². The summed E-state index contributed by atoms with van der Waals surface area (Å²) in [5.41, 5.74) is 35.4. The largest absolute Gasteiger partial charge is 0.399 e. The Balaban J connectivity index is 1.69. The molecule has 0 spiro atoms. The van der Waals surface area contributed by atoms with Crippen molar-refractivity contribution >= 4 is 22.7 Å². The smallest absolute Gasteiger partial charge is 0.0381 e. The molecule has 0 aliphatic rings. The highest BCUT2D eigenvalue weighted by atomic mass is 14.6. The summed E-state index contributed by atoms with van der Waals surface area (Å²) in [6.45, 7) is 0. The number of hydrogen-bond donors (Lipinski definition) is 4. The molecule has 172 valence electrons. The van der Waals surface area contributed by atoms with Crippen molar-refractivity contribution in [3.63, 3.8) is 0 Å². The molecule has 4 heteroatoms. The van der Waals surface area contributed by atoms with Crippen molar-refractivity contribution in [1.82, 2.24) is 0 Å². The van der Waals surface area contributed by atoms with Crippen LogP contribution in [0.2, 0.25) is 0 Å².